The molecule has 106 valence electrons. The number of hydrogen-bond acceptors (Lipinski definition) is 5. The lowest BCUT2D eigenvalue weighted by Gasteiger charge is -2.02. The summed E-state index contributed by atoms with van der Waals surface area (Å²) in [7, 11) is 0. The Kier molecular flexibility index (Phi) is 4.97. The summed E-state index contributed by atoms with van der Waals surface area (Å²) in [6.45, 7) is 2.04. The molecule has 0 atom stereocenters. The van der Waals surface area contributed by atoms with Gasteiger partial charge in [-0.3, -0.25) is 4.79 Å². The topological polar surface area (TPSA) is 83.0 Å². The Bertz CT molecular complexity index is 664. The molecule has 2 rings (SSSR count). The molecular formula is C13H14N2O3S2. The van der Waals surface area contributed by atoms with Gasteiger partial charge in [0.2, 0.25) is 0 Å². The summed E-state index contributed by atoms with van der Waals surface area (Å²) < 4.78 is 0. The number of nitrogens with one attached hydrogen (secondary N) is 1. The number of aromatic carboxylic acids is 1. The molecule has 5 nitrogen and oxygen atoms in total. The van der Waals surface area contributed by atoms with E-state index in [2.05, 4.69) is 9.97 Å². The van der Waals surface area contributed by atoms with Crippen molar-refractivity contribution in [1.82, 2.24) is 9.97 Å². The average Bonchev–Trinajstić information content (AvgIpc) is 2.85. The number of thiophene rings is 1. The van der Waals surface area contributed by atoms with Crippen LogP contribution in [0.25, 0.3) is 0 Å². The molecule has 0 radical (unpaired) electrons. The van der Waals surface area contributed by atoms with E-state index in [0.29, 0.717) is 15.8 Å². The Morgan fingerprint density at radius 3 is 2.95 bits per heavy atom. The van der Waals surface area contributed by atoms with Crippen molar-refractivity contribution in [3.05, 3.63) is 44.0 Å². The van der Waals surface area contributed by atoms with Crippen LogP contribution in [-0.2, 0) is 12.2 Å². The van der Waals surface area contributed by atoms with Crippen molar-refractivity contribution >= 4 is 29.1 Å². The zero-order valence-electron chi connectivity index (χ0n) is 10.9. The van der Waals surface area contributed by atoms with Gasteiger partial charge in [-0.25, -0.2) is 9.78 Å². The monoisotopic (exact) mass is 310 g/mol. The minimum absolute atomic E-state index is 0.150. The van der Waals surface area contributed by atoms with Crippen LogP contribution in [0.1, 0.15) is 33.6 Å². The van der Waals surface area contributed by atoms with Crippen molar-refractivity contribution in [3.8, 4) is 0 Å². The van der Waals surface area contributed by atoms with Gasteiger partial charge in [0.05, 0.1) is 0 Å². The van der Waals surface area contributed by atoms with E-state index in [9.17, 15) is 9.59 Å². The smallest absolute Gasteiger partial charge is 0.345 e. The summed E-state index contributed by atoms with van der Waals surface area (Å²) in [5.74, 6) is -0.320. The van der Waals surface area contributed by atoms with E-state index >= 15 is 0 Å². The molecule has 0 aliphatic heterocycles. The summed E-state index contributed by atoms with van der Waals surface area (Å²) in [5.41, 5.74) is 0.638. The standard InChI is InChI=1S/C13H14N2O3S2/c1-2-3-8-6-11(16)15-13(14-8)19-7-9-4-5-10(20-9)12(17)18/h4-6H,2-3,7H2,1H3,(H,17,18)(H,14,15,16). The van der Waals surface area contributed by atoms with Gasteiger partial charge in [0.1, 0.15) is 4.88 Å². The molecule has 7 heteroatoms. The number of nitrogens with zero attached hydrogens (tertiary/aromatic N) is 1. The largest absolute Gasteiger partial charge is 0.477 e. The third-order valence-electron chi connectivity index (χ3n) is 2.50. The van der Waals surface area contributed by atoms with Gasteiger partial charge in [0, 0.05) is 22.4 Å². The molecule has 2 aromatic rings. The molecule has 0 amide bonds. The number of aryl methyl sites for hydroxylation is 1. The fraction of sp³-hybridized carbons (Fsp3) is 0.308. The minimum atomic E-state index is -0.914. The van der Waals surface area contributed by atoms with Crippen LogP contribution in [0.2, 0.25) is 0 Å². The quantitative estimate of drug-likeness (QED) is 0.633. The number of H-pyrrole nitrogens is 1. The minimum Gasteiger partial charge on any atom is -0.477 e. The number of hydrogen-bond donors (Lipinski definition) is 2. The van der Waals surface area contributed by atoms with Crippen LogP contribution in [0.3, 0.4) is 0 Å². The molecule has 0 fully saturated rings. The predicted molar refractivity (Wildman–Crippen MR) is 79.7 cm³/mol. The molecule has 0 aliphatic rings. The zero-order valence-corrected chi connectivity index (χ0v) is 12.5. The van der Waals surface area contributed by atoms with E-state index in [1.165, 1.54) is 29.2 Å². The molecule has 0 bridgehead atoms. The summed E-state index contributed by atoms with van der Waals surface area (Å²) >= 11 is 2.64. The maximum absolute atomic E-state index is 11.5. The molecule has 0 unspecified atom stereocenters. The normalized spacial score (nSPS) is 10.7. The first kappa shape index (κ1) is 14.8. The maximum Gasteiger partial charge on any atom is 0.345 e. The van der Waals surface area contributed by atoms with E-state index < -0.39 is 5.97 Å². The van der Waals surface area contributed by atoms with Crippen molar-refractivity contribution < 1.29 is 9.90 Å². The highest BCUT2D eigenvalue weighted by atomic mass is 32.2. The van der Waals surface area contributed by atoms with Crippen LogP contribution in [-0.4, -0.2) is 21.0 Å². The highest BCUT2D eigenvalue weighted by molar-refractivity contribution is 7.98. The Labute approximate surface area is 124 Å². The number of thioether (sulfide) groups is 1. The summed E-state index contributed by atoms with van der Waals surface area (Å²) in [6, 6.07) is 4.89. The van der Waals surface area contributed by atoms with Gasteiger partial charge in [0.25, 0.3) is 5.56 Å². The van der Waals surface area contributed by atoms with Gasteiger partial charge in [-0.05, 0) is 18.6 Å². The first-order valence-corrected chi connectivity index (χ1v) is 7.93. The van der Waals surface area contributed by atoms with Crippen molar-refractivity contribution in [2.24, 2.45) is 0 Å². The SMILES string of the molecule is CCCc1cc(=O)[nH]c(SCc2ccc(C(=O)O)s2)n1. The van der Waals surface area contributed by atoms with Gasteiger partial charge >= 0.3 is 5.97 Å². The first-order valence-electron chi connectivity index (χ1n) is 6.13. The van der Waals surface area contributed by atoms with E-state index in [4.69, 9.17) is 5.11 Å². The van der Waals surface area contributed by atoms with Crippen LogP contribution in [0.15, 0.2) is 28.2 Å². The lowest BCUT2D eigenvalue weighted by molar-refractivity contribution is 0.0702. The van der Waals surface area contributed by atoms with Crippen LogP contribution in [0.5, 0.6) is 0 Å². The lowest BCUT2D eigenvalue weighted by Crippen LogP contribution is -2.09. The number of carboxylic acids is 1. The fourth-order valence-corrected chi connectivity index (χ4v) is 3.43. The molecule has 0 spiro atoms. The number of carboxylic acid groups (broad SMARTS) is 1. The van der Waals surface area contributed by atoms with Crippen LogP contribution >= 0.6 is 23.1 Å². The fourth-order valence-electron chi connectivity index (χ4n) is 1.65. The second kappa shape index (κ2) is 6.71. The van der Waals surface area contributed by atoms with Crippen LogP contribution < -0.4 is 5.56 Å². The number of aromatic amines is 1. The Morgan fingerprint density at radius 1 is 1.50 bits per heavy atom. The van der Waals surface area contributed by atoms with Crippen molar-refractivity contribution in [2.45, 2.75) is 30.7 Å². The van der Waals surface area contributed by atoms with E-state index in [1.54, 1.807) is 12.1 Å². The second-order valence-corrected chi connectivity index (χ2v) is 6.28. The molecule has 2 N–H and O–H groups in total. The van der Waals surface area contributed by atoms with Crippen molar-refractivity contribution in [1.29, 1.82) is 0 Å². The number of aromatic nitrogens is 2. The molecule has 0 saturated heterocycles. The molecule has 2 heterocycles. The Hall–Kier alpha value is -1.60. The Balaban J connectivity index is 2.06. The summed E-state index contributed by atoms with van der Waals surface area (Å²) in [4.78, 5) is 30.6. The number of rotatable bonds is 6. The van der Waals surface area contributed by atoms with E-state index in [0.717, 1.165) is 23.4 Å². The second-order valence-electron chi connectivity index (χ2n) is 4.15. The van der Waals surface area contributed by atoms with Crippen molar-refractivity contribution in [3.63, 3.8) is 0 Å². The van der Waals surface area contributed by atoms with Crippen molar-refractivity contribution in [2.75, 3.05) is 0 Å². The first-order chi connectivity index (χ1) is 9.58. The third kappa shape index (κ3) is 3.94. The molecule has 20 heavy (non-hydrogen) atoms. The molecule has 0 aromatic carbocycles. The maximum atomic E-state index is 11.5. The van der Waals surface area contributed by atoms with E-state index in [1.807, 2.05) is 6.92 Å². The molecular weight excluding hydrogens is 296 g/mol. The zero-order chi connectivity index (χ0) is 14.5. The molecule has 0 saturated carbocycles. The lowest BCUT2D eigenvalue weighted by atomic mass is 10.2. The number of carbonyl (C=O) groups is 1. The van der Waals surface area contributed by atoms with Gasteiger partial charge in [-0.1, -0.05) is 25.1 Å². The predicted octanol–water partition coefficient (Wildman–Crippen LogP) is 2.77. The average molecular weight is 310 g/mol. The molecule has 0 aliphatic carbocycles. The highest BCUT2D eigenvalue weighted by Crippen LogP contribution is 2.24. The van der Waals surface area contributed by atoms with Gasteiger partial charge in [0.15, 0.2) is 5.16 Å². The van der Waals surface area contributed by atoms with Gasteiger partial charge < -0.3 is 10.1 Å². The summed E-state index contributed by atoms with van der Waals surface area (Å²) in [5, 5.41) is 9.43. The van der Waals surface area contributed by atoms with Gasteiger partial charge in [-0.2, -0.15) is 0 Å². The van der Waals surface area contributed by atoms with Gasteiger partial charge in [-0.15, -0.1) is 11.3 Å². The van der Waals surface area contributed by atoms with E-state index in [-0.39, 0.29) is 5.56 Å². The molecule has 2 aromatic heterocycles. The van der Waals surface area contributed by atoms with Crippen LogP contribution in [0.4, 0.5) is 0 Å². The van der Waals surface area contributed by atoms with Crippen LogP contribution in [0, 0.1) is 0 Å². The summed E-state index contributed by atoms with van der Waals surface area (Å²) in [6.07, 6.45) is 1.72. The highest BCUT2D eigenvalue weighted by Gasteiger charge is 2.08. The Morgan fingerprint density at radius 2 is 2.30 bits per heavy atom. The third-order valence-corrected chi connectivity index (χ3v) is 4.68.